The summed E-state index contributed by atoms with van der Waals surface area (Å²) in [5.74, 6) is 0.125. The predicted octanol–water partition coefficient (Wildman–Crippen LogP) is 2.51. The smallest absolute Gasteiger partial charge is 0.107 e. The molecule has 0 spiro atoms. The van der Waals surface area contributed by atoms with Gasteiger partial charge in [-0.1, -0.05) is 35.0 Å². The highest BCUT2D eigenvalue weighted by atomic mass is 79.9. The zero-order valence-corrected chi connectivity index (χ0v) is 12.0. The van der Waals surface area contributed by atoms with E-state index in [1.807, 2.05) is 24.3 Å². The van der Waals surface area contributed by atoms with Gasteiger partial charge in [0.25, 0.3) is 0 Å². The quantitative estimate of drug-likeness (QED) is 0.929. The second kappa shape index (κ2) is 5.83. The van der Waals surface area contributed by atoms with Gasteiger partial charge >= 0.3 is 0 Å². The number of aliphatic hydroxyl groups excluding tert-OH is 1. The van der Waals surface area contributed by atoms with Crippen molar-refractivity contribution in [3.8, 4) is 6.07 Å². The summed E-state index contributed by atoms with van der Waals surface area (Å²) < 4.78 is 1.03. The van der Waals surface area contributed by atoms with E-state index in [0.29, 0.717) is 0 Å². The lowest BCUT2D eigenvalue weighted by Crippen LogP contribution is -2.63. The van der Waals surface area contributed by atoms with Crippen molar-refractivity contribution >= 4 is 15.9 Å². The van der Waals surface area contributed by atoms with Gasteiger partial charge in [0.2, 0.25) is 0 Å². The van der Waals surface area contributed by atoms with Gasteiger partial charge in [-0.05, 0) is 30.7 Å². The van der Waals surface area contributed by atoms with Crippen molar-refractivity contribution in [3.63, 3.8) is 0 Å². The van der Waals surface area contributed by atoms with Crippen LogP contribution in [0.3, 0.4) is 0 Å². The van der Waals surface area contributed by atoms with E-state index in [2.05, 4.69) is 33.8 Å². The maximum atomic E-state index is 9.52. The van der Waals surface area contributed by atoms with Crippen molar-refractivity contribution in [3.05, 3.63) is 34.3 Å². The molecule has 0 radical (unpaired) electrons. The van der Waals surface area contributed by atoms with Crippen molar-refractivity contribution in [1.29, 1.82) is 5.26 Å². The van der Waals surface area contributed by atoms with Crippen molar-refractivity contribution in [1.82, 2.24) is 4.90 Å². The molecule has 1 heterocycles. The van der Waals surface area contributed by atoms with Crippen molar-refractivity contribution < 1.29 is 5.11 Å². The lowest BCUT2D eigenvalue weighted by atomic mass is 9.76. The van der Waals surface area contributed by atoms with Crippen LogP contribution in [0.25, 0.3) is 0 Å². The summed E-state index contributed by atoms with van der Waals surface area (Å²) in [5.41, 5.74) is 1.14. The molecule has 0 aromatic heterocycles. The zero-order valence-electron chi connectivity index (χ0n) is 10.4. The van der Waals surface area contributed by atoms with Crippen LogP contribution in [0.2, 0.25) is 0 Å². The molecular weight excluding hydrogens is 292 g/mol. The summed E-state index contributed by atoms with van der Waals surface area (Å²) in [6.07, 6.45) is 1.00. The summed E-state index contributed by atoms with van der Waals surface area (Å²) in [6, 6.07) is 10.4. The monoisotopic (exact) mass is 308 g/mol. The molecule has 3 nitrogen and oxygen atoms in total. The molecule has 1 aromatic rings. The molecule has 4 heteroatoms. The number of likely N-dealkylation sites (tertiary alicyclic amines) is 1. The molecule has 1 aromatic carbocycles. The number of aliphatic hydroxyl groups is 1. The Hall–Kier alpha value is -0.890. The molecule has 3 atom stereocenters. The Morgan fingerprint density at radius 2 is 2.06 bits per heavy atom. The lowest BCUT2D eigenvalue weighted by Gasteiger charge is -2.51. The fourth-order valence-corrected chi connectivity index (χ4v) is 3.02. The Balaban J connectivity index is 2.21. The maximum Gasteiger partial charge on any atom is 0.107 e. The third kappa shape index (κ3) is 2.31. The summed E-state index contributed by atoms with van der Waals surface area (Å²) >= 11 is 3.41. The fourth-order valence-electron chi connectivity index (χ4n) is 2.75. The lowest BCUT2D eigenvalue weighted by molar-refractivity contribution is -0.0167. The van der Waals surface area contributed by atoms with Gasteiger partial charge in [0.05, 0.1) is 12.7 Å². The average Bonchev–Trinajstić information content (AvgIpc) is 2.37. The highest BCUT2D eigenvalue weighted by Crippen LogP contribution is 2.40. The van der Waals surface area contributed by atoms with Gasteiger partial charge in [0.15, 0.2) is 0 Å². The standard InChI is InChI=1S/C14H17BrN2O/c1-2-7-17-12(8-16)14(13(17)9-18)10-3-5-11(15)6-4-10/h3-6,12-14,18H,2,7,9H2,1H3. The van der Waals surface area contributed by atoms with E-state index in [1.165, 1.54) is 0 Å². The third-order valence-corrected chi connectivity index (χ3v) is 4.12. The molecule has 1 fully saturated rings. The molecule has 0 amide bonds. The zero-order chi connectivity index (χ0) is 13.1. The first-order chi connectivity index (χ1) is 8.72. The van der Waals surface area contributed by atoms with Gasteiger partial charge in [-0.3, -0.25) is 4.90 Å². The molecular formula is C14H17BrN2O. The summed E-state index contributed by atoms with van der Waals surface area (Å²) in [5, 5.41) is 18.8. The molecule has 96 valence electrons. The minimum Gasteiger partial charge on any atom is -0.395 e. The minimum absolute atomic E-state index is 0.0794. The third-order valence-electron chi connectivity index (χ3n) is 3.59. The van der Waals surface area contributed by atoms with Gasteiger partial charge < -0.3 is 5.11 Å². The highest BCUT2D eigenvalue weighted by Gasteiger charge is 2.48. The van der Waals surface area contributed by atoms with Gasteiger partial charge in [-0.2, -0.15) is 5.26 Å². The van der Waals surface area contributed by atoms with Crippen LogP contribution >= 0.6 is 15.9 Å². The Kier molecular flexibility index (Phi) is 4.39. The van der Waals surface area contributed by atoms with E-state index < -0.39 is 0 Å². The molecule has 0 bridgehead atoms. The van der Waals surface area contributed by atoms with E-state index in [0.717, 1.165) is 23.0 Å². The maximum absolute atomic E-state index is 9.52. The average molecular weight is 309 g/mol. The Morgan fingerprint density at radius 1 is 1.39 bits per heavy atom. The van der Waals surface area contributed by atoms with Crippen LogP contribution in [0, 0.1) is 11.3 Å². The SMILES string of the molecule is CCCN1C(C#N)C(c2ccc(Br)cc2)C1CO. The number of hydrogen-bond acceptors (Lipinski definition) is 3. The van der Waals surface area contributed by atoms with Gasteiger partial charge in [0, 0.05) is 16.4 Å². The predicted molar refractivity (Wildman–Crippen MR) is 74.2 cm³/mol. The van der Waals surface area contributed by atoms with Crippen LogP contribution in [-0.4, -0.2) is 35.2 Å². The Bertz CT molecular complexity index is 440. The molecule has 1 saturated heterocycles. The van der Waals surface area contributed by atoms with Crippen molar-refractivity contribution in [2.45, 2.75) is 31.3 Å². The second-order valence-electron chi connectivity index (χ2n) is 4.64. The number of rotatable bonds is 4. The normalized spacial score (nSPS) is 27.6. The van der Waals surface area contributed by atoms with Crippen LogP contribution in [0.1, 0.15) is 24.8 Å². The number of nitrogens with zero attached hydrogens (tertiary/aromatic N) is 2. The Labute approximate surface area is 116 Å². The molecule has 18 heavy (non-hydrogen) atoms. The van der Waals surface area contributed by atoms with E-state index in [1.54, 1.807) is 0 Å². The van der Waals surface area contributed by atoms with Crippen molar-refractivity contribution in [2.24, 2.45) is 0 Å². The van der Waals surface area contributed by atoms with Gasteiger partial charge in [-0.15, -0.1) is 0 Å². The number of hydrogen-bond donors (Lipinski definition) is 1. The first kappa shape index (κ1) is 13.5. The van der Waals surface area contributed by atoms with E-state index >= 15 is 0 Å². The molecule has 2 rings (SSSR count). The molecule has 1 aliphatic rings. The molecule has 0 saturated carbocycles. The minimum atomic E-state index is -0.108. The van der Waals surface area contributed by atoms with Crippen LogP contribution in [-0.2, 0) is 0 Å². The molecule has 1 aliphatic heterocycles. The first-order valence-electron chi connectivity index (χ1n) is 6.24. The van der Waals surface area contributed by atoms with Crippen molar-refractivity contribution in [2.75, 3.05) is 13.2 Å². The highest BCUT2D eigenvalue weighted by molar-refractivity contribution is 9.10. The van der Waals surface area contributed by atoms with Crippen LogP contribution in [0.5, 0.6) is 0 Å². The molecule has 3 unspecified atom stereocenters. The van der Waals surface area contributed by atoms with Gasteiger partial charge in [-0.25, -0.2) is 0 Å². The fraction of sp³-hybridized carbons (Fsp3) is 0.500. The van der Waals surface area contributed by atoms with E-state index in [-0.39, 0.29) is 24.6 Å². The van der Waals surface area contributed by atoms with Crippen LogP contribution < -0.4 is 0 Å². The summed E-state index contributed by atoms with van der Waals surface area (Å²) in [7, 11) is 0. The molecule has 0 aliphatic carbocycles. The van der Waals surface area contributed by atoms with Gasteiger partial charge in [0.1, 0.15) is 6.04 Å². The summed E-state index contributed by atoms with van der Waals surface area (Å²) in [4.78, 5) is 2.10. The van der Waals surface area contributed by atoms with Crippen LogP contribution in [0.15, 0.2) is 28.7 Å². The topological polar surface area (TPSA) is 47.3 Å². The largest absolute Gasteiger partial charge is 0.395 e. The van der Waals surface area contributed by atoms with E-state index in [4.69, 9.17) is 0 Å². The first-order valence-corrected chi connectivity index (χ1v) is 7.04. The Morgan fingerprint density at radius 3 is 2.56 bits per heavy atom. The van der Waals surface area contributed by atoms with E-state index in [9.17, 15) is 10.4 Å². The molecule has 1 N–H and O–H groups in total. The van der Waals surface area contributed by atoms with Crippen LogP contribution in [0.4, 0.5) is 0 Å². The summed E-state index contributed by atoms with van der Waals surface area (Å²) in [6.45, 7) is 3.07. The number of halogens is 1. The second-order valence-corrected chi connectivity index (χ2v) is 5.55. The number of nitriles is 1. The number of benzene rings is 1.